The van der Waals surface area contributed by atoms with E-state index in [1.54, 1.807) is 18.2 Å². The Balaban J connectivity index is 1.66. The first-order valence-corrected chi connectivity index (χ1v) is 9.45. The predicted octanol–water partition coefficient (Wildman–Crippen LogP) is 4.98. The molecule has 5 nitrogen and oxygen atoms in total. The van der Waals surface area contributed by atoms with E-state index >= 15 is 0 Å². The van der Waals surface area contributed by atoms with E-state index in [9.17, 15) is 9.90 Å². The van der Waals surface area contributed by atoms with E-state index in [4.69, 9.17) is 4.74 Å². The lowest BCUT2D eigenvalue weighted by molar-refractivity contribution is 0.0957. The third-order valence-corrected chi connectivity index (χ3v) is 4.83. The van der Waals surface area contributed by atoms with Crippen molar-refractivity contribution in [1.82, 2.24) is 5.43 Å². The van der Waals surface area contributed by atoms with Crippen LogP contribution in [0.1, 0.15) is 15.9 Å². The van der Waals surface area contributed by atoms with E-state index in [1.165, 1.54) is 13.3 Å². The molecule has 0 atom stereocenters. The van der Waals surface area contributed by atoms with Gasteiger partial charge in [0.2, 0.25) is 0 Å². The minimum atomic E-state index is -0.331. The van der Waals surface area contributed by atoms with Crippen LogP contribution in [0.25, 0.3) is 21.9 Å². The molecule has 0 fully saturated rings. The smallest absolute Gasteiger partial charge is 0.272 e. The van der Waals surface area contributed by atoms with Crippen LogP contribution >= 0.6 is 0 Å². The molecule has 4 aromatic carbocycles. The van der Waals surface area contributed by atoms with Gasteiger partial charge in [-0.25, -0.2) is 5.43 Å². The maximum absolute atomic E-state index is 12.9. The fraction of sp³-hybridized carbons (Fsp3) is 0.0400. The second-order valence-corrected chi connectivity index (χ2v) is 6.71. The Morgan fingerprint density at radius 1 is 0.933 bits per heavy atom. The molecule has 0 radical (unpaired) electrons. The Hall–Kier alpha value is -4.12. The van der Waals surface area contributed by atoms with Crippen LogP contribution in [0.5, 0.6) is 11.5 Å². The molecule has 4 rings (SSSR count). The molecule has 148 valence electrons. The molecule has 0 aromatic heterocycles. The summed E-state index contributed by atoms with van der Waals surface area (Å²) >= 11 is 0. The molecule has 0 spiro atoms. The van der Waals surface area contributed by atoms with Gasteiger partial charge in [-0.2, -0.15) is 5.10 Å². The van der Waals surface area contributed by atoms with Crippen LogP contribution in [0.3, 0.4) is 0 Å². The molecular formula is C25H20N2O3. The van der Waals surface area contributed by atoms with Crippen LogP contribution in [0.2, 0.25) is 0 Å². The molecule has 1 amide bonds. The largest absolute Gasteiger partial charge is 0.504 e. The standard InChI is InChI=1S/C25H20N2O3/c1-30-23-13-7-11-19(24(23)28)16-26-27-25(29)22-15-20(17-8-3-2-4-9-17)14-18-10-5-6-12-21(18)22/h2-16,28H,1H3,(H,27,29)/b26-16+. The number of hydrogen-bond acceptors (Lipinski definition) is 4. The van der Waals surface area contributed by atoms with Gasteiger partial charge < -0.3 is 9.84 Å². The summed E-state index contributed by atoms with van der Waals surface area (Å²) in [4.78, 5) is 12.9. The van der Waals surface area contributed by atoms with E-state index in [2.05, 4.69) is 16.6 Å². The highest BCUT2D eigenvalue weighted by Gasteiger charge is 2.12. The number of nitrogens with zero attached hydrogens (tertiary/aromatic N) is 1. The zero-order valence-corrected chi connectivity index (χ0v) is 16.4. The Morgan fingerprint density at radius 2 is 1.70 bits per heavy atom. The van der Waals surface area contributed by atoms with Crippen molar-refractivity contribution >= 4 is 22.9 Å². The molecule has 0 aliphatic carbocycles. The topological polar surface area (TPSA) is 70.9 Å². The van der Waals surface area contributed by atoms with Gasteiger partial charge in [0.1, 0.15) is 0 Å². The van der Waals surface area contributed by atoms with E-state index in [-0.39, 0.29) is 11.7 Å². The third-order valence-electron chi connectivity index (χ3n) is 4.83. The first-order valence-electron chi connectivity index (χ1n) is 9.45. The summed E-state index contributed by atoms with van der Waals surface area (Å²) in [6, 6.07) is 26.7. The molecule has 0 saturated carbocycles. The van der Waals surface area contributed by atoms with Crippen molar-refractivity contribution in [3.63, 3.8) is 0 Å². The maximum Gasteiger partial charge on any atom is 0.272 e. The summed E-state index contributed by atoms with van der Waals surface area (Å²) in [6.45, 7) is 0. The van der Waals surface area contributed by atoms with Crippen molar-refractivity contribution in [3.05, 3.63) is 96.1 Å². The first-order chi connectivity index (χ1) is 14.7. The summed E-state index contributed by atoms with van der Waals surface area (Å²) in [5.74, 6) is -0.0241. The summed E-state index contributed by atoms with van der Waals surface area (Å²) in [5, 5.41) is 16.0. The number of para-hydroxylation sites is 1. The lowest BCUT2D eigenvalue weighted by atomic mass is 9.96. The number of aromatic hydroxyl groups is 1. The van der Waals surface area contributed by atoms with Crippen LogP contribution < -0.4 is 10.2 Å². The van der Waals surface area contributed by atoms with Crippen molar-refractivity contribution in [2.75, 3.05) is 7.11 Å². The lowest BCUT2D eigenvalue weighted by Crippen LogP contribution is -2.18. The fourth-order valence-corrected chi connectivity index (χ4v) is 3.32. The highest BCUT2D eigenvalue weighted by atomic mass is 16.5. The molecule has 2 N–H and O–H groups in total. The normalized spacial score (nSPS) is 11.0. The number of benzene rings is 4. The molecule has 4 aromatic rings. The van der Waals surface area contributed by atoms with E-state index < -0.39 is 0 Å². The molecule has 0 heterocycles. The lowest BCUT2D eigenvalue weighted by Gasteiger charge is -2.10. The second-order valence-electron chi connectivity index (χ2n) is 6.71. The van der Waals surface area contributed by atoms with Crippen LogP contribution in [-0.4, -0.2) is 24.3 Å². The summed E-state index contributed by atoms with van der Waals surface area (Å²) in [7, 11) is 1.47. The Morgan fingerprint density at radius 3 is 2.50 bits per heavy atom. The third kappa shape index (κ3) is 3.86. The van der Waals surface area contributed by atoms with Crippen LogP contribution in [-0.2, 0) is 0 Å². The summed E-state index contributed by atoms with van der Waals surface area (Å²) in [6.07, 6.45) is 1.39. The summed E-state index contributed by atoms with van der Waals surface area (Å²) < 4.78 is 5.09. The quantitative estimate of drug-likeness (QED) is 0.369. The van der Waals surface area contributed by atoms with E-state index in [0.717, 1.165) is 21.9 Å². The van der Waals surface area contributed by atoms with Crippen molar-refractivity contribution in [2.45, 2.75) is 0 Å². The van der Waals surface area contributed by atoms with Gasteiger partial charge in [0.15, 0.2) is 11.5 Å². The van der Waals surface area contributed by atoms with Crippen molar-refractivity contribution < 1.29 is 14.6 Å². The fourth-order valence-electron chi connectivity index (χ4n) is 3.32. The van der Waals surface area contributed by atoms with E-state index in [1.807, 2.05) is 60.7 Å². The van der Waals surface area contributed by atoms with E-state index in [0.29, 0.717) is 16.9 Å². The van der Waals surface area contributed by atoms with Gasteiger partial charge in [-0.15, -0.1) is 0 Å². The number of amides is 1. The van der Waals surface area contributed by atoms with Gasteiger partial charge in [-0.3, -0.25) is 4.79 Å². The molecule has 0 saturated heterocycles. The van der Waals surface area contributed by atoms with Crippen LogP contribution in [0, 0.1) is 0 Å². The van der Waals surface area contributed by atoms with Gasteiger partial charge >= 0.3 is 0 Å². The zero-order chi connectivity index (χ0) is 20.9. The molecule has 30 heavy (non-hydrogen) atoms. The minimum absolute atomic E-state index is 0.0328. The minimum Gasteiger partial charge on any atom is -0.504 e. The van der Waals surface area contributed by atoms with Gasteiger partial charge in [0.25, 0.3) is 5.91 Å². The number of carbonyl (C=O) groups is 1. The van der Waals surface area contributed by atoms with Gasteiger partial charge in [0, 0.05) is 11.1 Å². The average Bonchev–Trinajstić information content (AvgIpc) is 2.80. The molecule has 0 bridgehead atoms. The monoisotopic (exact) mass is 396 g/mol. The Kier molecular flexibility index (Phi) is 5.44. The van der Waals surface area contributed by atoms with Gasteiger partial charge in [-0.05, 0) is 46.2 Å². The number of hydrogen-bond donors (Lipinski definition) is 2. The number of methoxy groups -OCH3 is 1. The number of fused-ring (bicyclic) bond motifs is 1. The molecule has 0 aliphatic heterocycles. The van der Waals surface area contributed by atoms with Crippen LogP contribution in [0.4, 0.5) is 0 Å². The number of nitrogens with one attached hydrogen (secondary N) is 1. The molecule has 0 aliphatic rings. The zero-order valence-electron chi connectivity index (χ0n) is 16.4. The van der Waals surface area contributed by atoms with Crippen molar-refractivity contribution in [1.29, 1.82) is 0 Å². The van der Waals surface area contributed by atoms with Crippen molar-refractivity contribution in [2.24, 2.45) is 5.10 Å². The number of phenolic OH excluding ortho intramolecular Hbond substituents is 1. The first kappa shape index (κ1) is 19.2. The average molecular weight is 396 g/mol. The highest BCUT2D eigenvalue weighted by Crippen LogP contribution is 2.29. The SMILES string of the molecule is COc1cccc(/C=N/NC(=O)c2cc(-c3ccccc3)cc3ccccc23)c1O. The summed E-state index contributed by atoms with van der Waals surface area (Å²) in [5.41, 5.74) is 5.51. The second kappa shape index (κ2) is 8.49. The number of hydrazone groups is 1. The number of rotatable bonds is 5. The predicted molar refractivity (Wildman–Crippen MR) is 119 cm³/mol. The van der Waals surface area contributed by atoms with Gasteiger partial charge in [0.05, 0.1) is 13.3 Å². The number of phenols is 1. The molecular weight excluding hydrogens is 376 g/mol. The van der Waals surface area contributed by atoms with Gasteiger partial charge in [-0.1, -0.05) is 60.7 Å². The Labute approximate surface area is 174 Å². The Bertz CT molecular complexity index is 1230. The maximum atomic E-state index is 12.9. The number of carbonyl (C=O) groups excluding carboxylic acids is 1. The highest BCUT2D eigenvalue weighted by molar-refractivity contribution is 6.09. The molecule has 5 heteroatoms. The van der Waals surface area contributed by atoms with Crippen LogP contribution in [0.15, 0.2) is 90.0 Å². The molecule has 0 unspecified atom stereocenters. The number of ether oxygens (including phenoxy) is 1. The van der Waals surface area contributed by atoms with Crippen molar-refractivity contribution in [3.8, 4) is 22.6 Å².